The lowest BCUT2D eigenvalue weighted by Crippen LogP contribution is -2.47. The van der Waals surface area contributed by atoms with Gasteiger partial charge in [-0.25, -0.2) is 0 Å². The molecule has 5 unspecified atom stereocenters. The second kappa shape index (κ2) is 21.3. The number of thioether (sulfide) groups is 1. The predicted molar refractivity (Wildman–Crippen MR) is 165 cm³/mol. The van der Waals surface area contributed by atoms with E-state index in [4.69, 9.17) is 22.1 Å². The van der Waals surface area contributed by atoms with Crippen molar-refractivity contribution in [3.63, 3.8) is 0 Å². The van der Waals surface area contributed by atoms with Crippen LogP contribution in [-0.4, -0.2) is 78.7 Å². The molecule has 1 rings (SSSR count). The van der Waals surface area contributed by atoms with Crippen LogP contribution in [0.1, 0.15) is 79.1 Å². The summed E-state index contributed by atoms with van der Waals surface area (Å²) in [6.07, 6.45) is 7.96. The van der Waals surface area contributed by atoms with Gasteiger partial charge in [0, 0.05) is 69.7 Å². The van der Waals surface area contributed by atoms with Crippen LogP contribution in [0.25, 0.3) is 0 Å². The summed E-state index contributed by atoms with van der Waals surface area (Å²) in [7, 11) is -5.18. The molecule has 0 radical (unpaired) electrons. The molecule has 38 heavy (non-hydrogen) atoms. The molecule has 0 aromatic heterocycles. The van der Waals surface area contributed by atoms with Crippen molar-refractivity contribution >= 4 is 46.9 Å². The van der Waals surface area contributed by atoms with Gasteiger partial charge in [0.25, 0.3) is 0 Å². The molecule has 0 saturated carbocycles. The Hall–Kier alpha value is 0.564. The van der Waals surface area contributed by atoms with Crippen molar-refractivity contribution in [1.82, 2.24) is 0 Å². The van der Waals surface area contributed by atoms with E-state index < -0.39 is 17.4 Å². The molecule has 1 N–H and O–H groups in total. The van der Waals surface area contributed by atoms with E-state index in [0.717, 1.165) is 55.7 Å². The molecule has 0 aliphatic carbocycles. The monoisotopic (exact) mass is 612 g/mol. The second-order valence-electron chi connectivity index (χ2n) is 11.2. The third kappa shape index (κ3) is 16.7. The van der Waals surface area contributed by atoms with E-state index >= 15 is 0 Å². The van der Waals surface area contributed by atoms with E-state index in [1.807, 2.05) is 6.92 Å². The third-order valence-electron chi connectivity index (χ3n) is 6.68. The quantitative estimate of drug-likeness (QED) is 0.0835. The van der Waals surface area contributed by atoms with E-state index in [9.17, 15) is 9.90 Å². The lowest BCUT2D eigenvalue weighted by atomic mass is 10.1. The van der Waals surface area contributed by atoms with E-state index in [1.165, 1.54) is 24.6 Å². The maximum atomic E-state index is 12.2. The van der Waals surface area contributed by atoms with Crippen LogP contribution in [0, 0.1) is 17.8 Å². The Morgan fingerprint density at radius 3 is 2.53 bits per heavy atom. The number of hydrogen-bond acceptors (Lipinski definition) is 9. The standard InChI is InChI=1S/C27H56O7S2Si2/c1-6-7-8-9-12-27(29)36-16-11-18-38(30-14-13-24(2)20-33-38)34-23-26(4)22-32-37(5,17-10-15-35)31-21-25(3)19-28/h24-26,28,35H,6-23H2,1-5H3. The van der Waals surface area contributed by atoms with Crippen LogP contribution >= 0.6 is 24.4 Å². The highest BCUT2D eigenvalue weighted by molar-refractivity contribution is 8.13. The van der Waals surface area contributed by atoms with E-state index in [2.05, 4.69) is 39.9 Å². The summed E-state index contributed by atoms with van der Waals surface area (Å²) in [5.74, 6) is 2.28. The molecule has 1 fully saturated rings. The summed E-state index contributed by atoms with van der Waals surface area (Å²) >= 11 is 5.80. The van der Waals surface area contributed by atoms with Gasteiger partial charge in [-0.3, -0.25) is 4.79 Å². The minimum absolute atomic E-state index is 0.0921. The molecular weight excluding hydrogens is 557 g/mol. The van der Waals surface area contributed by atoms with Crippen LogP contribution in [0.15, 0.2) is 0 Å². The highest BCUT2D eigenvalue weighted by Gasteiger charge is 2.43. The third-order valence-corrected chi connectivity index (χ3v) is 13.7. The Morgan fingerprint density at radius 1 is 1.11 bits per heavy atom. The minimum Gasteiger partial charge on any atom is -0.396 e. The molecule has 1 aliphatic heterocycles. The van der Waals surface area contributed by atoms with Crippen molar-refractivity contribution in [2.45, 2.75) is 97.7 Å². The zero-order chi connectivity index (χ0) is 28.3. The van der Waals surface area contributed by atoms with Gasteiger partial charge in [-0.05, 0) is 49.9 Å². The molecule has 1 heterocycles. The van der Waals surface area contributed by atoms with Gasteiger partial charge >= 0.3 is 17.4 Å². The average molecular weight is 613 g/mol. The minimum atomic E-state index is -2.81. The van der Waals surface area contributed by atoms with E-state index in [1.54, 1.807) is 0 Å². The van der Waals surface area contributed by atoms with Crippen LogP contribution in [-0.2, 0) is 26.9 Å². The first-order valence-electron chi connectivity index (χ1n) is 14.7. The Kier molecular flexibility index (Phi) is 20.5. The van der Waals surface area contributed by atoms with E-state index in [0.29, 0.717) is 50.5 Å². The normalized spacial score (nSPS) is 23.5. The maximum absolute atomic E-state index is 12.2. The molecule has 5 atom stereocenters. The lowest BCUT2D eigenvalue weighted by Gasteiger charge is -2.31. The van der Waals surface area contributed by atoms with Crippen molar-refractivity contribution in [3.8, 4) is 0 Å². The molecule has 0 aromatic rings. The van der Waals surface area contributed by atoms with Gasteiger partial charge in [0.15, 0.2) is 5.12 Å². The van der Waals surface area contributed by atoms with Crippen LogP contribution in [0.4, 0.5) is 0 Å². The second-order valence-corrected chi connectivity index (χ2v) is 18.8. The molecular formula is C27H56O7S2Si2. The first-order valence-corrected chi connectivity index (χ1v) is 20.8. The molecule has 7 nitrogen and oxygen atoms in total. The number of aliphatic hydroxyl groups is 1. The summed E-state index contributed by atoms with van der Waals surface area (Å²) in [6, 6.07) is 1.61. The lowest BCUT2D eigenvalue weighted by molar-refractivity contribution is -0.111. The van der Waals surface area contributed by atoms with Crippen molar-refractivity contribution in [3.05, 3.63) is 0 Å². The summed E-state index contributed by atoms with van der Waals surface area (Å²) in [5.41, 5.74) is 0. The summed E-state index contributed by atoms with van der Waals surface area (Å²) in [6.45, 7) is 13.6. The maximum Gasteiger partial charge on any atom is 0.501 e. The highest BCUT2D eigenvalue weighted by Crippen LogP contribution is 2.27. The number of aliphatic hydroxyl groups excluding tert-OH is 1. The van der Waals surface area contributed by atoms with Gasteiger partial charge < -0.3 is 27.2 Å². The number of carbonyl (C=O) groups excluding carboxylic acids is 1. The number of carbonyl (C=O) groups is 1. The fraction of sp³-hybridized carbons (Fsp3) is 0.963. The SMILES string of the molecule is CCCCCCC(=O)SCCC[Si]1(OCC(C)CO[Si](C)(CCCS)OCC(C)CO)OCCC(C)CO1. The molecule has 1 aliphatic rings. The predicted octanol–water partition coefficient (Wildman–Crippen LogP) is 6.32. The molecule has 11 heteroatoms. The zero-order valence-electron chi connectivity index (χ0n) is 24.7. The number of rotatable bonds is 22. The van der Waals surface area contributed by atoms with Crippen molar-refractivity contribution in [1.29, 1.82) is 0 Å². The van der Waals surface area contributed by atoms with Crippen LogP contribution < -0.4 is 0 Å². The van der Waals surface area contributed by atoms with Gasteiger partial charge in [-0.2, -0.15) is 12.6 Å². The summed E-state index contributed by atoms with van der Waals surface area (Å²) in [4.78, 5) is 12.2. The van der Waals surface area contributed by atoms with Gasteiger partial charge in [-0.15, -0.1) is 0 Å². The van der Waals surface area contributed by atoms with Crippen molar-refractivity contribution in [2.75, 3.05) is 51.1 Å². The molecule has 226 valence electrons. The Labute approximate surface area is 244 Å². The molecule has 1 saturated heterocycles. The van der Waals surface area contributed by atoms with Gasteiger partial charge in [0.2, 0.25) is 0 Å². The van der Waals surface area contributed by atoms with Crippen molar-refractivity contribution in [2.24, 2.45) is 17.8 Å². The topological polar surface area (TPSA) is 83.5 Å². The highest BCUT2D eigenvalue weighted by atomic mass is 32.2. The first kappa shape index (κ1) is 36.6. The molecule has 0 amide bonds. The Balaban J connectivity index is 2.58. The van der Waals surface area contributed by atoms with Gasteiger partial charge in [-0.1, -0.05) is 58.7 Å². The Morgan fingerprint density at radius 2 is 1.84 bits per heavy atom. The fourth-order valence-corrected chi connectivity index (χ4v) is 10.7. The summed E-state index contributed by atoms with van der Waals surface area (Å²) in [5, 5.41) is 9.66. The van der Waals surface area contributed by atoms with Crippen LogP contribution in [0.5, 0.6) is 0 Å². The molecule has 0 aromatic carbocycles. The number of hydrogen-bond donors (Lipinski definition) is 2. The molecule has 0 bridgehead atoms. The largest absolute Gasteiger partial charge is 0.501 e. The fourth-order valence-electron chi connectivity index (χ4n) is 3.95. The smallest absolute Gasteiger partial charge is 0.396 e. The number of unbranched alkanes of at least 4 members (excludes halogenated alkanes) is 3. The van der Waals surface area contributed by atoms with Crippen LogP contribution in [0.3, 0.4) is 0 Å². The average Bonchev–Trinajstić information content (AvgIpc) is 3.10. The number of thiol groups is 1. The molecule has 0 spiro atoms. The Bertz CT molecular complexity index is 622. The van der Waals surface area contributed by atoms with Gasteiger partial charge in [0.1, 0.15) is 0 Å². The van der Waals surface area contributed by atoms with Crippen LogP contribution in [0.2, 0.25) is 18.6 Å². The van der Waals surface area contributed by atoms with Crippen molar-refractivity contribution < 1.29 is 32.0 Å². The zero-order valence-corrected chi connectivity index (χ0v) is 28.4. The van der Waals surface area contributed by atoms with E-state index in [-0.39, 0.29) is 18.4 Å². The van der Waals surface area contributed by atoms with Gasteiger partial charge in [0.05, 0.1) is 0 Å². The summed E-state index contributed by atoms with van der Waals surface area (Å²) < 4.78 is 31.7. The first-order chi connectivity index (χ1) is 18.2.